The summed E-state index contributed by atoms with van der Waals surface area (Å²) in [7, 11) is 1.64. The number of nitrogens with zero attached hydrogens (tertiary/aromatic N) is 1. The molecule has 0 bridgehead atoms. The van der Waals surface area contributed by atoms with Crippen LogP contribution in [0.4, 0.5) is 0 Å². The van der Waals surface area contributed by atoms with E-state index in [1.165, 1.54) is 0 Å². The minimum Gasteiger partial charge on any atom is -0.493 e. The molecule has 1 aliphatic carbocycles. The lowest BCUT2D eigenvalue weighted by Gasteiger charge is -2.11. The van der Waals surface area contributed by atoms with Gasteiger partial charge in [-0.2, -0.15) is 0 Å². The van der Waals surface area contributed by atoms with Gasteiger partial charge in [-0.3, -0.25) is 0 Å². The number of ether oxygens (including phenoxy) is 2. The minimum atomic E-state index is -0.304. The molecule has 3 rings (SSSR count). The molecule has 1 fully saturated rings. The van der Waals surface area contributed by atoms with Crippen LogP contribution in [0.15, 0.2) is 42.7 Å². The number of aromatic nitrogens is 1. The van der Waals surface area contributed by atoms with Gasteiger partial charge < -0.3 is 19.1 Å². The summed E-state index contributed by atoms with van der Waals surface area (Å²) in [6, 6.07) is 9.62. The first-order chi connectivity index (χ1) is 10.3. The van der Waals surface area contributed by atoms with Crippen LogP contribution >= 0.6 is 0 Å². The minimum absolute atomic E-state index is 0.304. The van der Waals surface area contributed by atoms with Crippen molar-refractivity contribution in [3.05, 3.63) is 48.3 Å². The van der Waals surface area contributed by atoms with Crippen LogP contribution in [-0.4, -0.2) is 23.4 Å². The Bertz CT molecular complexity index is 589. The highest BCUT2D eigenvalue weighted by Crippen LogP contribution is 2.40. The van der Waals surface area contributed by atoms with E-state index < -0.39 is 0 Å². The van der Waals surface area contributed by atoms with Crippen LogP contribution in [0.2, 0.25) is 0 Å². The molecule has 1 aromatic carbocycles. The zero-order valence-corrected chi connectivity index (χ0v) is 12.2. The van der Waals surface area contributed by atoms with Gasteiger partial charge in [-0.15, -0.1) is 0 Å². The van der Waals surface area contributed by atoms with Gasteiger partial charge in [0.1, 0.15) is 6.61 Å². The predicted molar refractivity (Wildman–Crippen MR) is 80.6 cm³/mol. The molecule has 1 unspecified atom stereocenters. The monoisotopic (exact) mass is 287 g/mol. The highest BCUT2D eigenvalue weighted by atomic mass is 16.5. The number of hydrogen-bond donors (Lipinski definition) is 1. The van der Waals surface area contributed by atoms with E-state index in [2.05, 4.69) is 4.57 Å². The average molecular weight is 287 g/mol. The quantitative estimate of drug-likeness (QED) is 0.851. The van der Waals surface area contributed by atoms with Crippen LogP contribution in [0.5, 0.6) is 11.5 Å². The SMILES string of the molecule is COc1ccccc1OCCn1ccc(C(O)C2CC2)c1. The second-order valence-electron chi connectivity index (χ2n) is 5.46. The Morgan fingerprint density at radius 2 is 2.00 bits per heavy atom. The second kappa shape index (κ2) is 6.22. The molecule has 0 spiro atoms. The molecule has 4 heteroatoms. The van der Waals surface area contributed by atoms with E-state index in [-0.39, 0.29) is 6.10 Å². The molecule has 0 saturated heterocycles. The fraction of sp³-hybridized carbons (Fsp3) is 0.412. The molecular weight excluding hydrogens is 266 g/mol. The van der Waals surface area contributed by atoms with E-state index in [4.69, 9.17) is 9.47 Å². The Morgan fingerprint density at radius 3 is 2.71 bits per heavy atom. The lowest BCUT2D eigenvalue weighted by atomic mass is 10.1. The molecule has 4 nitrogen and oxygen atoms in total. The molecule has 1 N–H and O–H groups in total. The molecule has 2 aromatic rings. The predicted octanol–water partition coefficient (Wildman–Crippen LogP) is 3.02. The van der Waals surface area contributed by atoms with Crippen molar-refractivity contribution in [2.24, 2.45) is 5.92 Å². The molecule has 1 saturated carbocycles. The summed E-state index contributed by atoms with van der Waals surface area (Å²) in [6.45, 7) is 1.31. The summed E-state index contributed by atoms with van der Waals surface area (Å²) < 4.78 is 13.1. The van der Waals surface area contributed by atoms with Gasteiger partial charge in [0.2, 0.25) is 0 Å². The van der Waals surface area contributed by atoms with Gasteiger partial charge in [-0.1, -0.05) is 12.1 Å². The maximum atomic E-state index is 10.1. The third-order valence-corrected chi connectivity index (χ3v) is 3.86. The van der Waals surface area contributed by atoms with E-state index in [1.807, 2.05) is 42.7 Å². The van der Waals surface area contributed by atoms with E-state index in [1.54, 1.807) is 7.11 Å². The van der Waals surface area contributed by atoms with E-state index in [0.29, 0.717) is 12.5 Å². The molecule has 0 radical (unpaired) electrons. The summed E-state index contributed by atoms with van der Waals surface area (Å²) in [6.07, 6.45) is 5.98. The highest BCUT2D eigenvalue weighted by molar-refractivity contribution is 5.39. The van der Waals surface area contributed by atoms with Crippen molar-refractivity contribution >= 4 is 0 Å². The van der Waals surface area contributed by atoms with Gasteiger partial charge in [0.15, 0.2) is 11.5 Å². The Hall–Kier alpha value is -1.94. The number of rotatable bonds is 7. The Labute approximate surface area is 124 Å². The van der Waals surface area contributed by atoms with Crippen LogP contribution in [-0.2, 0) is 6.54 Å². The number of aliphatic hydroxyl groups is 1. The third-order valence-electron chi connectivity index (χ3n) is 3.86. The summed E-state index contributed by atoms with van der Waals surface area (Å²) in [5.41, 5.74) is 1.01. The molecule has 112 valence electrons. The first-order valence-electron chi connectivity index (χ1n) is 7.37. The van der Waals surface area contributed by atoms with Crippen molar-refractivity contribution in [3.8, 4) is 11.5 Å². The van der Waals surface area contributed by atoms with Crippen molar-refractivity contribution < 1.29 is 14.6 Å². The van der Waals surface area contributed by atoms with Crippen LogP contribution < -0.4 is 9.47 Å². The molecule has 21 heavy (non-hydrogen) atoms. The molecule has 0 amide bonds. The number of methoxy groups -OCH3 is 1. The van der Waals surface area contributed by atoms with Crippen molar-refractivity contribution in [2.75, 3.05) is 13.7 Å². The summed E-state index contributed by atoms with van der Waals surface area (Å²) in [4.78, 5) is 0. The normalized spacial score (nSPS) is 15.7. The van der Waals surface area contributed by atoms with Gasteiger partial charge in [0, 0.05) is 12.4 Å². The number of benzene rings is 1. The molecular formula is C17H21NO3. The van der Waals surface area contributed by atoms with Gasteiger partial charge in [-0.25, -0.2) is 0 Å². The Balaban J connectivity index is 1.53. The molecule has 0 aliphatic heterocycles. The lowest BCUT2D eigenvalue weighted by molar-refractivity contribution is 0.153. The number of para-hydroxylation sites is 2. The standard InChI is InChI=1S/C17H21NO3/c1-20-15-4-2-3-5-16(15)21-11-10-18-9-8-14(12-18)17(19)13-6-7-13/h2-5,8-9,12-13,17,19H,6-7,10-11H2,1H3. The Morgan fingerprint density at radius 1 is 1.24 bits per heavy atom. The van der Waals surface area contributed by atoms with Crippen LogP contribution in [0.1, 0.15) is 24.5 Å². The Kier molecular flexibility index (Phi) is 4.15. The van der Waals surface area contributed by atoms with Crippen molar-refractivity contribution in [1.29, 1.82) is 0 Å². The topological polar surface area (TPSA) is 43.6 Å². The van der Waals surface area contributed by atoms with E-state index in [0.717, 1.165) is 36.4 Å². The second-order valence-corrected chi connectivity index (χ2v) is 5.46. The van der Waals surface area contributed by atoms with Crippen LogP contribution in [0.25, 0.3) is 0 Å². The maximum Gasteiger partial charge on any atom is 0.161 e. The van der Waals surface area contributed by atoms with Gasteiger partial charge >= 0.3 is 0 Å². The van der Waals surface area contributed by atoms with E-state index >= 15 is 0 Å². The maximum absolute atomic E-state index is 10.1. The van der Waals surface area contributed by atoms with E-state index in [9.17, 15) is 5.11 Å². The lowest BCUT2D eigenvalue weighted by Crippen LogP contribution is -2.07. The van der Waals surface area contributed by atoms with Crippen LogP contribution in [0.3, 0.4) is 0 Å². The smallest absolute Gasteiger partial charge is 0.161 e. The highest BCUT2D eigenvalue weighted by Gasteiger charge is 2.31. The molecule has 1 atom stereocenters. The summed E-state index contributed by atoms with van der Waals surface area (Å²) >= 11 is 0. The summed E-state index contributed by atoms with van der Waals surface area (Å²) in [5.74, 6) is 1.96. The largest absolute Gasteiger partial charge is 0.493 e. The van der Waals surface area contributed by atoms with Gasteiger partial charge in [-0.05, 0) is 42.5 Å². The third kappa shape index (κ3) is 3.39. The molecule has 1 aromatic heterocycles. The number of aliphatic hydroxyl groups excluding tert-OH is 1. The fourth-order valence-corrected chi connectivity index (χ4v) is 2.46. The zero-order valence-electron chi connectivity index (χ0n) is 12.2. The van der Waals surface area contributed by atoms with Crippen LogP contribution in [0, 0.1) is 5.92 Å². The summed E-state index contributed by atoms with van der Waals surface area (Å²) in [5, 5.41) is 10.1. The van der Waals surface area contributed by atoms with Gasteiger partial charge in [0.05, 0.1) is 19.8 Å². The molecule has 1 heterocycles. The first-order valence-corrected chi connectivity index (χ1v) is 7.37. The first kappa shape index (κ1) is 14.0. The van der Waals surface area contributed by atoms with Crippen molar-refractivity contribution in [1.82, 2.24) is 4.57 Å². The van der Waals surface area contributed by atoms with Crippen molar-refractivity contribution in [3.63, 3.8) is 0 Å². The zero-order chi connectivity index (χ0) is 14.7. The van der Waals surface area contributed by atoms with Gasteiger partial charge in [0.25, 0.3) is 0 Å². The fourth-order valence-electron chi connectivity index (χ4n) is 2.46. The van der Waals surface area contributed by atoms with Crippen molar-refractivity contribution in [2.45, 2.75) is 25.5 Å². The molecule has 1 aliphatic rings. The average Bonchev–Trinajstić information content (AvgIpc) is 3.26. The number of hydrogen-bond acceptors (Lipinski definition) is 3.